The second kappa shape index (κ2) is 13.4. The van der Waals surface area contributed by atoms with Gasteiger partial charge in [-0.3, -0.25) is 9.69 Å². The molecule has 1 N–H and O–H groups in total. The molecule has 1 aliphatic rings. The van der Waals surface area contributed by atoms with Gasteiger partial charge in [-0.15, -0.1) is 18.3 Å². The largest absolute Gasteiger partial charge is 0.573 e. The Bertz CT molecular complexity index is 1710. The zero-order chi connectivity index (χ0) is 32.3. The topological polar surface area (TPSA) is 84.6 Å². The summed E-state index contributed by atoms with van der Waals surface area (Å²) in [4.78, 5) is 23.5. The fraction of sp³-hybridized carbons (Fsp3) is 0.281. The van der Waals surface area contributed by atoms with E-state index in [1.807, 2.05) is 55.5 Å². The summed E-state index contributed by atoms with van der Waals surface area (Å²) >= 11 is 6.97. The molecule has 0 bridgehead atoms. The first-order valence-corrected chi connectivity index (χ1v) is 15.6. The van der Waals surface area contributed by atoms with Crippen LogP contribution in [0, 0.1) is 0 Å². The number of halogens is 3. The molecule has 2 atom stereocenters. The molecule has 1 aromatic heterocycles. The number of amides is 1. The maximum Gasteiger partial charge on any atom is 0.573 e. The van der Waals surface area contributed by atoms with Crippen molar-refractivity contribution in [3.8, 4) is 22.8 Å². The van der Waals surface area contributed by atoms with Gasteiger partial charge in [-0.1, -0.05) is 75.0 Å². The summed E-state index contributed by atoms with van der Waals surface area (Å²) in [5.41, 5.74) is 4.29. The van der Waals surface area contributed by atoms with Crippen LogP contribution in [0.3, 0.4) is 0 Å². The van der Waals surface area contributed by atoms with Gasteiger partial charge >= 0.3 is 6.36 Å². The van der Waals surface area contributed by atoms with E-state index in [0.717, 1.165) is 22.4 Å². The van der Waals surface area contributed by atoms with E-state index in [9.17, 15) is 18.0 Å². The number of rotatable bonds is 8. The lowest BCUT2D eigenvalue weighted by molar-refractivity contribution is -0.274. The monoisotopic (exact) mass is 652 g/mol. The maximum atomic E-state index is 12.8. The van der Waals surface area contributed by atoms with Crippen molar-refractivity contribution in [1.82, 2.24) is 20.1 Å². The Labute approximate surface area is 268 Å². The van der Waals surface area contributed by atoms with Crippen LogP contribution < -0.4 is 15.0 Å². The Morgan fingerprint density at radius 1 is 1.02 bits per heavy atom. The molecule has 0 saturated carbocycles. The van der Waals surface area contributed by atoms with Gasteiger partial charge in [0.1, 0.15) is 12.1 Å². The summed E-state index contributed by atoms with van der Waals surface area (Å²) in [6, 6.07) is 21.0. The summed E-state index contributed by atoms with van der Waals surface area (Å²) in [7, 11) is 0. The third kappa shape index (κ3) is 7.71. The first-order chi connectivity index (χ1) is 21.4. The molecule has 234 valence electrons. The lowest BCUT2D eigenvalue weighted by Crippen LogP contribution is -2.36. The molecule has 0 radical (unpaired) electrons. The molecule has 1 fully saturated rings. The predicted molar refractivity (Wildman–Crippen MR) is 175 cm³/mol. The first-order valence-electron chi connectivity index (χ1n) is 14.2. The normalized spacial score (nSPS) is 15.9. The highest BCUT2D eigenvalue weighted by Crippen LogP contribution is 2.33. The van der Waals surface area contributed by atoms with Crippen molar-refractivity contribution < 1.29 is 22.7 Å². The number of thioether (sulfide) groups is 1. The van der Waals surface area contributed by atoms with Crippen molar-refractivity contribution in [3.05, 3.63) is 90.3 Å². The van der Waals surface area contributed by atoms with Crippen molar-refractivity contribution in [2.75, 3.05) is 10.7 Å². The number of anilines is 1. The number of carbonyl (C=O) groups is 1. The van der Waals surface area contributed by atoms with Crippen molar-refractivity contribution in [2.24, 2.45) is 4.99 Å². The van der Waals surface area contributed by atoms with Crippen LogP contribution in [0.25, 0.3) is 17.1 Å². The number of hydrogen-bond acceptors (Lipinski definition) is 6. The van der Waals surface area contributed by atoms with Crippen molar-refractivity contribution in [1.29, 1.82) is 0 Å². The quantitative estimate of drug-likeness (QED) is 0.198. The van der Waals surface area contributed by atoms with Gasteiger partial charge in [0.15, 0.2) is 16.1 Å². The fourth-order valence-electron chi connectivity index (χ4n) is 4.84. The standard InChI is InChI=1S/C32H31F3N6O2S2/c1-19(2)26-7-5-6-8-27(26)41-28(42)17-45-31(41)38-30(44)37-21(4)20(3)22-9-11-23(12-10-22)29-36-18-40(39-29)24-13-15-25(16-14-24)43-32(33,34)35/h5-16,18-21H,17H2,1-4H3,(H,37,44). The Hall–Kier alpha value is -4.23. The minimum Gasteiger partial charge on any atom is -0.406 e. The number of aliphatic imine (C=N–C) groups is 1. The maximum absolute atomic E-state index is 12.8. The number of ether oxygens (including phenoxy) is 1. The number of hydrogen-bond donors (Lipinski definition) is 1. The molecule has 0 spiro atoms. The molecular weight excluding hydrogens is 622 g/mol. The van der Waals surface area contributed by atoms with Crippen LogP contribution in [0.4, 0.5) is 18.9 Å². The Kier molecular flexibility index (Phi) is 9.59. The molecule has 1 amide bonds. The van der Waals surface area contributed by atoms with Crippen molar-refractivity contribution in [2.45, 2.75) is 51.9 Å². The van der Waals surface area contributed by atoms with Crippen LogP contribution in [0.15, 0.2) is 84.1 Å². The minimum atomic E-state index is -4.75. The molecule has 1 saturated heterocycles. The van der Waals surface area contributed by atoms with E-state index < -0.39 is 6.36 Å². The van der Waals surface area contributed by atoms with Crippen LogP contribution in [0.5, 0.6) is 5.75 Å². The number of benzene rings is 3. The van der Waals surface area contributed by atoms with Gasteiger partial charge in [-0.2, -0.15) is 4.99 Å². The highest BCUT2D eigenvalue weighted by molar-refractivity contribution is 8.15. The smallest absolute Gasteiger partial charge is 0.406 e. The van der Waals surface area contributed by atoms with E-state index in [1.54, 1.807) is 4.90 Å². The summed E-state index contributed by atoms with van der Waals surface area (Å²) in [5.74, 6) is 0.754. The number of amidine groups is 1. The van der Waals surface area contributed by atoms with E-state index in [4.69, 9.17) is 12.2 Å². The molecule has 45 heavy (non-hydrogen) atoms. The summed E-state index contributed by atoms with van der Waals surface area (Å²) in [6.07, 6.45) is -3.25. The summed E-state index contributed by atoms with van der Waals surface area (Å²) in [6.45, 7) is 8.30. The molecular formula is C32H31F3N6O2S2. The van der Waals surface area contributed by atoms with E-state index >= 15 is 0 Å². The molecule has 0 aliphatic carbocycles. The van der Waals surface area contributed by atoms with E-state index in [0.29, 0.717) is 27.5 Å². The van der Waals surface area contributed by atoms with Gasteiger partial charge in [0.05, 0.1) is 17.1 Å². The average molecular weight is 653 g/mol. The van der Waals surface area contributed by atoms with E-state index in [-0.39, 0.29) is 29.5 Å². The number of nitrogens with one attached hydrogen (secondary N) is 1. The fourth-order valence-corrected chi connectivity index (χ4v) is 6.04. The molecule has 4 aromatic rings. The SMILES string of the molecule is CC(C)c1ccccc1N1C(=O)CSC1=NC(=S)NC(C)C(C)c1ccc(-c2ncn(-c3ccc(OC(F)(F)F)cc3)n2)cc1. The zero-order valence-electron chi connectivity index (χ0n) is 24.9. The van der Waals surface area contributed by atoms with Gasteiger partial charge in [0, 0.05) is 17.5 Å². The number of alkyl halides is 3. The number of aromatic nitrogens is 3. The van der Waals surface area contributed by atoms with Crippen LogP contribution in [0.1, 0.15) is 50.7 Å². The third-order valence-electron chi connectivity index (χ3n) is 7.38. The molecule has 2 heterocycles. The van der Waals surface area contributed by atoms with Gasteiger partial charge in [-0.05, 0) is 66.5 Å². The first kappa shape index (κ1) is 32.2. The second-order valence-corrected chi connectivity index (χ2v) is 12.2. The Balaban J connectivity index is 1.23. The number of nitrogens with zero attached hydrogens (tertiary/aromatic N) is 5. The van der Waals surface area contributed by atoms with Crippen molar-refractivity contribution in [3.63, 3.8) is 0 Å². The number of thiocarbonyl (C=S) groups is 1. The van der Waals surface area contributed by atoms with Gasteiger partial charge < -0.3 is 10.1 Å². The molecule has 13 heteroatoms. The highest BCUT2D eigenvalue weighted by atomic mass is 32.2. The Morgan fingerprint density at radius 3 is 2.38 bits per heavy atom. The number of carbonyl (C=O) groups excluding carboxylic acids is 1. The zero-order valence-corrected chi connectivity index (χ0v) is 26.6. The molecule has 3 aromatic carbocycles. The number of para-hydroxylation sites is 1. The lowest BCUT2D eigenvalue weighted by atomic mass is 9.93. The van der Waals surface area contributed by atoms with Crippen LogP contribution in [-0.4, -0.2) is 49.1 Å². The lowest BCUT2D eigenvalue weighted by Gasteiger charge is -2.24. The summed E-state index contributed by atoms with van der Waals surface area (Å²) in [5, 5.41) is 8.65. The van der Waals surface area contributed by atoms with Gasteiger partial charge in [0.25, 0.3) is 0 Å². The Morgan fingerprint density at radius 2 is 1.71 bits per heavy atom. The predicted octanol–water partition coefficient (Wildman–Crippen LogP) is 7.46. The van der Waals surface area contributed by atoms with E-state index in [2.05, 4.69) is 45.9 Å². The van der Waals surface area contributed by atoms with Gasteiger partial charge in [-0.25, -0.2) is 9.67 Å². The van der Waals surface area contributed by atoms with Crippen LogP contribution in [-0.2, 0) is 4.79 Å². The third-order valence-corrected chi connectivity index (χ3v) is 8.52. The highest BCUT2D eigenvalue weighted by Gasteiger charge is 2.32. The molecule has 1 aliphatic heterocycles. The van der Waals surface area contributed by atoms with Crippen molar-refractivity contribution >= 4 is 45.9 Å². The molecule has 8 nitrogen and oxygen atoms in total. The summed E-state index contributed by atoms with van der Waals surface area (Å²) < 4.78 is 42.7. The molecule has 5 rings (SSSR count). The average Bonchev–Trinajstić information content (AvgIpc) is 3.63. The molecule has 2 unspecified atom stereocenters. The van der Waals surface area contributed by atoms with Crippen LogP contribution in [0.2, 0.25) is 0 Å². The second-order valence-electron chi connectivity index (χ2n) is 10.8. The minimum absolute atomic E-state index is 0.0241. The van der Waals surface area contributed by atoms with Gasteiger partial charge in [0.2, 0.25) is 5.91 Å². The van der Waals surface area contributed by atoms with Crippen LogP contribution >= 0.6 is 24.0 Å². The van der Waals surface area contributed by atoms with E-state index in [1.165, 1.54) is 47.0 Å².